The normalized spacial score (nSPS) is 23.3. The van der Waals surface area contributed by atoms with E-state index in [0.717, 1.165) is 48.3 Å². The largest absolute Gasteiger partial charge is 0.508 e. The number of urea groups is 1. The number of phenols is 1. The fourth-order valence-corrected chi connectivity index (χ4v) is 5.71. The van der Waals surface area contributed by atoms with Crippen LogP contribution < -0.4 is 0 Å². The number of phenolic OH excluding ortho intramolecular Hbond substituents is 1. The van der Waals surface area contributed by atoms with Crippen molar-refractivity contribution in [2.45, 2.75) is 18.5 Å². The molecule has 8 nitrogen and oxygen atoms in total. The van der Waals surface area contributed by atoms with Crippen molar-refractivity contribution in [2.24, 2.45) is 0 Å². The molecule has 182 valence electrons. The Morgan fingerprint density at radius 3 is 2.63 bits per heavy atom. The number of nitrogens with one attached hydrogen (secondary N) is 1. The van der Waals surface area contributed by atoms with Gasteiger partial charge in [-0.3, -0.25) is 19.5 Å². The fourth-order valence-electron chi connectivity index (χ4n) is 5.71. The highest BCUT2D eigenvalue weighted by atomic mass is 19.1. The van der Waals surface area contributed by atoms with Crippen LogP contribution in [0.3, 0.4) is 0 Å². The smallest absolute Gasteiger partial charge is 0.328 e. The summed E-state index contributed by atoms with van der Waals surface area (Å²) in [6, 6.07) is 9.73. The van der Waals surface area contributed by atoms with Gasteiger partial charge in [-0.05, 0) is 48.5 Å². The molecule has 1 aromatic heterocycles. The molecule has 4 heterocycles. The minimum atomic E-state index is -0.669. The first-order valence-corrected chi connectivity index (χ1v) is 12.0. The summed E-state index contributed by atoms with van der Waals surface area (Å²) >= 11 is 0. The molecular weight excluding hydrogens is 449 g/mol. The van der Waals surface area contributed by atoms with Crippen LogP contribution >= 0.6 is 0 Å². The molecule has 2 fully saturated rings. The SMILES string of the molecule is CN1CCN(CCN2C(=O)C3Cc4c([nH]c5ccc(F)cc45)C(c4cccc(O)c4)N3C2=O)CC1. The molecule has 3 aliphatic rings. The van der Waals surface area contributed by atoms with E-state index in [9.17, 15) is 19.1 Å². The number of H-pyrrole nitrogens is 1. The quantitative estimate of drug-likeness (QED) is 0.565. The molecule has 3 amide bonds. The molecule has 2 aromatic carbocycles. The molecule has 3 aliphatic heterocycles. The third-order valence-corrected chi connectivity index (χ3v) is 7.61. The second-order valence-corrected chi connectivity index (χ2v) is 9.75. The van der Waals surface area contributed by atoms with Gasteiger partial charge >= 0.3 is 6.03 Å². The van der Waals surface area contributed by atoms with E-state index < -0.39 is 12.1 Å². The molecule has 6 rings (SSSR count). The average Bonchev–Trinajstić information content (AvgIpc) is 3.32. The number of aromatic hydroxyl groups is 1. The van der Waals surface area contributed by atoms with Gasteiger partial charge in [-0.2, -0.15) is 0 Å². The Kier molecular flexibility index (Phi) is 5.26. The lowest BCUT2D eigenvalue weighted by atomic mass is 9.89. The van der Waals surface area contributed by atoms with E-state index in [0.29, 0.717) is 25.1 Å². The average molecular weight is 478 g/mol. The third-order valence-electron chi connectivity index (χ3n) is 7.61. The maximum absolute atomic E-state index is 14.1. The first-order valence-electron chi connectivity index (χ1n) is 12.0. The van der Waals surface area contributed by atoms with Gasteiger partial charge in [0, 0.05) is 62.3 Å². The van der Waals surface area contributed by atoms with Crippen molar-refractivity contribution in [3.63, 3.8) is 0 Å². The minimum absolute atomic E-state index is 0.0817. The van der Waals surface area contributed by atoms with Crippen LogP contribution in [0.25, 0.3) is 10.9 Å². The van der Waals surface area contributed by atoms with Crippen LogP contribution in [0.1, 0.15) is 22.9 Å². The van der Waals surface area contributed by atoms with Gasteiger partial charge < -0.3 is 15.0 Å². The highest BCUT2D eigenvalue weighted by molar-refractivity contribution is 6.05. The summed E-state index contributed by atoms with van der Waals surface area (Å²) in [5.74, 6) is -0.484. The molecule has 35 heavy (non-hydrogen) atoms. The number of rotatable bonds is 4. The zero-order valence-corrected chi connectivity index (χ0v) is 19.6. The van der Waals surface area contributed by atoms with Crippen molar-refractivity contribution in [3.8, 4) is 5.75 Å². The first-order chi connectivity index (χ1) is 16.9. The summed E-state index contributed by atoms with van der Waals surface area (Å²) in [5.41, 5.74) is 3.06. The van der Waals surface area contributed by atoms with Crippen molar-refractivity contribution >= 4 is 22.8 Å². The lowest BCUT2D eigenvalue weighted by molar-refractivity contribution is -0.128. The number of hydrogen-bond acceptors (Lipinski definition) is 5. The highest BCUT2D eigenvalue weighted by Crippen LogP contribution is 2.44. The van der Waals surface area contributed by atoms with Crippen molar-refractivity contribution < 1.29 is 19.1 Å². The Balaban J connectivity index is 1.37. The van der Waals surface area contributed by atoms with Gasteiger partial charge in [0.15, 0.2) is 0 Å². The second kappa shape index (κ2) is 8.35. The second-order valence-electron chi connectivity index (χ2n) is 9.75. The lowest BCUT2D eigenvalue weighted by Crippen LogP contribution is -2.47. The monoisotopic (exact) mass is 477 g/mol. The maximum atomic E-state index is 14.1. The van der Waals surface area contributed by atoms with Gasteiger partial charge in [0.1, 0.15) is 23.7 Å². The third kappa shape index (κ3) is 3.66. The van der Waals surface area contributed by atoms with Gasteiger partial charge in [-0.25, -0.2) is 9.18 Å². The molecular formula is C26H28FN5O3. The first kappa shape index (κ1) is 22.1. The molecule has 2 atom stereocenters. The number of halogens is 1. The van der Waals surface area contributed by atoms with Crippen LogP contribution in [0.2, 0.25) is 0 Å². The number of hydrogen-bond donors (Lipinski definition) is 2. The Morgan fingerprint density at radius 1 is 1.06 bits per heavy atom. The molecule has 9 heteroatoms. The molecule has 0 bridgehead atoms. The van der Waals surface area contributed by atoms with E-state index in [1.165, 1.54) is 17.0 Å². The lowest BCUT2D eigenvalue weighted by Gasteiger charge is -2.36. The number of carbonyl (C=O) groups excluding carboxylic acids is 2. The van der Waals surface area contributed by atoms with Crippen LogP contribution in [-0.4, -0.2) is 94.0 Å². The van der Waals surface area contributed by atoms with Crippen molar-refractivity contribution in [1.82, 2.24) is 24.6 Å². The van der Waals surface area contributed by atoms with Gasteiger partial charge in [-0.1, -0.05) is 12.1 Å². The maximum Gasteiger partial charge on any atom is 0.328 e. The van der Waals surface area contributed by atoms with Gasteiger partial charge in [0.05, 0.1) is 0 Å². The van der Waals surface area contributed by atoms with E-state index in [1.54, 1.807) is 29.2 Å². The van der Waals surface area contributed by atoms with Gasteiger partial charge in [-0.15, -0.1) is 0 Å². The summed E-state index contributed by atoms with van der Waals surface area (Å²) < 4.78 is 14.1. The standard InChI is InChI=1S/C26H28FN5O3/c1-29-7-9-30(10-8-29)11-12-31-25(34)22-15-20-19-14-17(27)5-6-21(19)28-23(20)24(32(22)26(31)35)16-3-2-4-18(33)13-16/h2-6,13-14,22,24,28,33H,7-12,15H2,1H3. The number of imide groups is 1. The number of fused-ring (bicyclic) bond motifs is 4. The summed E-state index contributed by atoms with van der Waals surface area (Å²) in [4.78, 5) is 38.2. The number of aromatic nitrogens is 1. The topological polar surface area (TPSA) is 83.1 Å². The number of aromatic amines is 1. The van der Waals surface area contributed by atoms with E-state index in [2.05, 4.69) is 21.8 Å². The Hall–Kier alpha value is -3.43. The number of carbonyl (C=O) groups is 2. The van der Waals surface area contributed by atoms with Crippen molar-refractivity contribution in [3.05, 3.63) is 65.1 Å². The predicted octanol–water partition coefficient (Wildman–Crippen LogP) is 2.54. The fraction of sp³-hybridized carbons (Fsp3) is 0.385. The van der Waals surface area contributed by atoms with E-state index in [1.807, 2.05) is 6.07 Å². The van der Waals surface area contributed by atoms with Crippen molar-refractivity contribution in [2.75, 3.05) is 46.3 Å². The van der Waals surface area contributed by atoms with Crippen LogP contribution in [0.15, 0.2) is 42.5 Å². The molecule has 3 aromatic rings. The molecule has 2 unspecified atom stereocenters. The van der Waals surface area contributed by atoms with E-state index in [4.69, 9.17) is 0 Å². The summed E-state index contributed by atoms with van der Waals surface area (Å²) in [5, 5.41) is 10.9. The number of likely N-dealkylation sites (N-methyl/N-ethyl adjacent to an activating group) is 1. The number of benzene rings is 2. The van der Waals surface area contributed by atoms with Gasteiger partial charge in [0.25, 0.3) is 5.91 Å². The van der Waals surface area contributed by atoms with Gasteiger partial charge in [0.2, 0.25) is 0 Å². The van der Waals surface area contributed by atoms with E-state index in [-0.39, 0.29) is 23.5 Å². The zero-order chi connectivity index (χ0) is 24.3. The summed E-state index contributed by atoms with van der Waals surface area (Å²) in [6.45, 7) is 4.73. The summed E-state index contributed by atoms with van der Waals surface area (Å²) in [7, 11) is 2.09. The zero-order valence-electron chi connectivity index (χ0n) is 19.6. The van der Waals surface area contributed by atoms with Crippen molar-refractivity contribution in [1.29, 1.82) is 0 Å². The van der Waals surface area contributed by atoms with E-state index >= 15 is 0 Å². The molecule has 0 spiro atoms. The molecule has 0 aliphatic carbocycles. The molecule has 0 radical (unpaired) electrons. The Labute approximate surface area is 202 Å². The highest BCUT2D eigenvalue weighted by Gasteiger charge is 2.52. The summed E-state index contributed by atoms with van der Waals surface area (Å²) in [6.07, 6.45) is 0.323. The Bertz CT molecular complexity index is 1320. The van der Waals surface area contributed by atoms with Crippen LogP contribution in [0.4, 0.5) is 9.18 Å². The predicted molar refractivity (Wildman–Crippen MR) is 129 cm³/mol. The van der Waals surface area contributed by atoms with Crippen LogP contribution in [0.5, 0.6) is 5.75 Å². The number of piperazine rings is 1. The molecule has 0 saturated carbocycles. The number of nitrogens with zero attached hydrogens (tertiary/aromatic N) is 4. The van der Waals surface area contributed by atoms with Crippen LogP contribution in [0, 0.1) is 5.82 Å². The Morgan fingerprint density at radius 2 is 1.86 bits per heavy atom. The minimum Gasteiger partial charge on any atom is -0.508 e. The van der Waals surface area contributed by atoms with Crippen LogP contribution in [-0.2, 0) is 11.2 Å². The molecule has 2 saturated heterocycles. The number of amides is 3. The molecule has 2 N–H and O–H groups in total.